The van der Waals surface area contributed by atoms with Crippen molar-refractivity contribution in [2.75, 3.05) is 57.5 Å². The van der Waals surface area contributed by atoms with Gasteiger partial charge in [0.25, 0.3) is 0 Å². The molecule has 1 aliphatic heterocycles. The van der Waals surface area contributed by atoms with E-state index in [2.05, 4.69) is 14.8 Å². The SMILES string of the molecule is CN(C)C(=O)CN1CCN(c2ncccc2N)CC1. The summed E-state index contributed by atoms with van der Waals surface area (Å²) in [4.78, 5) is 21.9. The molecule has 2 rings (SSSR count). The highest BCUT2D eigenvalue weighted by Crippen LogP contribution is 2.20. The molecule has 0 aliphatic carbocycles. The van der Waals surface area contributed by atoms with Crippen LogP contribution >= 0.6 is 0 Å². The molecule has 0 unspecified atom stereocenters. The molecule has 1 saturated heterocycles. The number of amides is 1. The number of likely N-dealkylation sites (N-methyl/N-ethyl adjacent to an activating group) is 1. The minimum Gasteiger partial charge on any atom is -0.396 e. The van der Waals surface area contributed by atoms with Crippen LogP contribution in [0.1, 0.15) is 0 Å². The molecule has 0 spiro atoms. The van der Waals surface area contributed by atoms with Crippen molar-refractivity contribution in [1.82, 2.24) is 14.8 Å². The van der Waals surface area contributed by atoms with Crippen LogP contribution in [0.2, 0.25) is 0 Å². The van der Waals surface area contributed by atoms with Gasteiger partial charge in [-0.25, -0.2) is 4.98 Å². The molecule has 1 amide bonds. The summed E-state index contributed by atoms with van der Waals surface area (Å²) in [6, 6.07) is 3.70. The number of carbonyl (C=O) groups is 1. The van der Waals surface area contributed by atoms with Gasteiger partial charge in [-0.05, 0) is 12.1 Å². The predicted molar refractivity (Wildman–Crippen MR) is 76.0 cm³/mol. The first-order chi connectivity index (χ1) is 9.08. The van der Waals surface area contributed by atoms with E-state index in [9.17, 15) is 4.79 Å². The van der Waals surface area contributed by atoms with E-state index in [1.54, 1.807) is 25.2 Å². The van der Waals surface area contributed by atoms with Crippen molar-refractivity contribution in [1.29, 1.82) is 0 Å². The Balaban J connectivity index is 1.89. The van der Waals surface area contributed by atoms with E-state index in [0.717, 1.165) is 32.0 Å². The number of hydrogen-bond donors (Lipinski definition) is 1. The van der Waals surface area contributed by atoms with Crippen LogP contribution in [0.4, 0.5) is 11.5 Å². The van der Waals surface area contributed by atoms with E-state index in [1.165, 1.54) is 0 Å². The largest absolute Gasteiger partial charge is 0.396 e. The molecule has 1 aromatic heterocycles. The number of anilines is 2. The van der Waals surface area contributed by atoms with Crippen molar-refractivity contribution in [3.63, 3.8) is 0 Å². The van der Waals surface area contributed by atoms with E-state index < -0.39 is 0 Å². The van der Waals surface area contributed by atoms with E-state index in [1.807, 2.05) is 12.1 Å². The van der Waals surface area contributed by atoms with Gasteiger partial charge in [-0.2, -0.15) is 0 Å². The third-order valence-corrected chi connectivity index (χ3v) is 3.35. The van der Waals surface area contributed by atoms with Crippen molar-refractivity contribution in [3.05, 3.63) is 18.3 Å². The second-order valence-corrected chi connectivity index (χ2v) is 4.97. The smallest absolute Gasteiger partial charge is 0.236 e. The van der Waals surface area contributed by atoms with Crippen LogP contribution in [0.25, 0.3) is 0 Å². The van der Waals surface area contributed by atoms with Crippen LogP contribution in [0.5, 0.6) is 0 Å². The molecule has 0 atom stereocenters. The Hall–Kier alpha value is -1.82. The van der Waals surface area contributed by atoms with Gasteiger partial charge >= 0.3 is 0 Å². The minimum atomic E-state index is 0.144. The Kier molecular flexibility index (Phi) is 4.21. The first-order valence-electron chi connectivity index (χ1n) is 6.46. The number of pyridine rings is 1. The lowest BCUT2D eigenvalue weighted by Gasteiger charge is -2.35. The average molecular weight is 263 g/mol. The monoisotopic (exact) mass is 263 g/mol. The summed E-state index contributed by atoms with van der Waals surface area (Å²) in [5.74, 6) is 0.992. The first-order valence-corrected chi connectivity index (χ1v) is 6.46. The van der Waals surface area contributed by atoms with Crippen molar-refractivity contribution in [2.45, 2.75) is 0 Å². The molecule has 2 N–H and O–H groups in total. The van der Waals surface area contributed by atoms with Gasteiger partial charge in [-0.1, -0.05) is 0 Å². The second kappa shape index (κ2) is 5.88. The number of nitrogens with zero attached hydrogens (tertiary/aromatic N) is 4. The van der Waals surface area contributed by atoms with Gasteiger partial charge in [-0.15, -0.1) is 0 Å². The molecule has 6 nitrogen and oxygen atoms in total. The quantitative estimate of drug-likeness (QED) is 0.823. The lowest BCUT2D eigenvalue weighted by atomic mass is 10.3. The molecule has 104 valence electrons. The van der Waals surface area contributed by atoms with Crippen LogP contribution < -0.4 is 10.6 Å². The van der Waals surface area contributed by atoms with Gasteiger partial charge in [0.15, 0.2) is 5.82 Å². The molecular weight excluding hydrogens is 242 g/mol. The molecule has 0 saturated carbocycles. The number of nitrogen functional groups attached to an aromatic ring is 1. The summed E-state index contributed by atoms with van der Waals surface area (Å²) in [5.41, 5.74) is 6.64. The van der Waals surface area contributed by atoms with Crippen molar-refractivity contribution >= 4 is 17.4 Å². The summed E-state index contributed by atoms with van der Waals surface area (Å²) >= 11 is 0. The topological polar surface area (TPSA) is 65.7 Å². The van der Waals surface area contributed by atoms with E-state index >= 15 is 0 Å². The van der Waals surface area contributed by atoms with Crippen LogP contribution in [0.15, 0.2) is 18.3 Å². The Bertz CT molecular complexity index is 440. The van der Waals surface area contributed by atoms with Gasteiger partial charge in [0.05, 0.1) is 12.2 Å². The number of nitrogens with two attached hydrogens (primary N) is 1. The fourth-order valence-corrected chi connectivity index (χ4v) is 2.12. The van der Waals surface area contributed by atoms with E-state index in [0.29, 0.717) is 12.2 Å². The number of rotatable bonds is 3. The molecule has 0 aromatic carbocycles. The maximum Gasteiger partial charge on any atom is 0.236 e. The normalized spacial score (nSPS) is 16.4. The number of carbonyl (C=O) groups excluding carboxylic acids is 1. The maximum atomic E-state index is 11.7. The molecule has 1 aliphatic rings. The zero-order chi connectivity index (χ0) is 13.8. The summed E-state index contributed by atoms with van der Waals surface area (Å²) in [7, 11) is 3.57. The van der Waals surface area contributed by atoms with Gasteiger partial charge in [0, 0.05) is 46.5 Å². The zero-order valence-electron chi connectivity index (χ0n) is 11.5. The van der Waals surface area contributed by atoms with Crippen molar-refractivity contribution in [2.24, 2.45) is 0 Å². The molecule has 1 aromatic rings. The Labute approximate surface area is 113 Å². The summed E-state index contributed by atoms with van der Waals surface area (Å²) in [5, 5.41) is 0. The highest BCUT2D eigenvalue weighted by molar-refractivity contribution is 5.77. The van der Waals surface area contributed by atoms with Crippen molar-refractivity contribution < 1.29 is 4.79 Å². The Morgan fingerprint density at radius 2 is 2.05 bits per heavy atom. The van der Waals surface area contributed by atoms with Gasteiger partial charge in [0.2, 0.25) is 5.91 Å². The van der Waals surface area contributed by atoms with E-state index in [-0.39, 0.29) is 5.91 Å². The number of hydrogen-bond acceptors (Lipinski definition) is 5. The van der Waals surface area contributed by atoms with Crippen LogP contribution in [-0.2, 0) is 4.79 Å². The lowest BCUT2D eigenvalue weighted by Crippen LogP contribution is -2.49. The average Bonchev–Trinajstić information content (AvgIpc) is 2.40. The predicted octanol–water partition coefficient (Wildman–Crippen LogP) is -0.126. The third-order valence-electron chi connectivity index (χ3n) is 3.35. The Morgan fingerprint density at radius 3 is 2.63 bits per heavy atom. The van der Waals surface area contributed by atoms with Crippen molar-refractivity contribution in [3.8, 4) is 0 Å². The van der Waals surface area contributed by atoms with Gasteiger partial charge in [-0.3, -0.25) is 9.69 Å². The highest BCUT2D eigenvalue weighted by atomic mass is 16.2. The molecule has 19 heavy (non-hydrogen) atoms. The molecule has 0 radical (unpaired) electrons. The molecule has 6 heteroatoms. The minimum absolute atomic E-state index is 0.144. The molecule has 1 fully saturated rings. The molecule has 0 bridgehead atoms. The maximum absolute atomic E-state index is 11.7. The standard InChI is InChI=1S/C13H21N5O/c1-16(2)12(19)10-17-6-8-18(9-7-17)13-11(14)4-3-5-15-13/h3-5H,6-10,14H2,1-2H3. The first kappa shape index (κ1) is 13.6. The fourth-order valence-electron chi connectivity index (χ4n) is 2.12. The van der Waals surface area contributed by atoms with Crippen LogP contribution in [0, 0.1) is 0 Å². The summed E-state index contributed by atoms with van der Waals surface area (Å²) in [6.07, 6.45) is 1.76. The number of piperazine rings is 1. The van der Waals surface area contributed by atoms with Gasteiger partial charge in [0.1, 0.15) is 0 Å². The summed E-state index contributed by atoms with van der Waals surface area (Å²) < 4.78 is 0. The Morgan fingerprint density at radius 1 is 1.37 bits per heavy atom. The van der Waals surface area contributed by atoms with Crippen LogP contribution in [-0.4, -0.2) is 67.5 Å². The third kappa shape index (κ3) is 3.35. The number of aromatic nitrogens is 1. The second-order valence-electron chi connectivity index (χ2n) is 4.97. The molecular formula is C13H21N5O. The van der Waals surface area contributed by atoms with Gasteiger partial charge < -0.3 is 15.5 Å². The zero-order valence-corrected chi connectivity index (χ0v) is 11.5. The van der Waals surface area contributed by atoms with E-state index in [4.69, 9.17) is 5.73 Å². The highest BCUT2D eigenvalue weighted by Gasteiger charge is 2.21. The fraction of sp³-hybridized carbons (Fsp3) is 0.538. The molecule has 2 heterocycles. The lowest BCUT2D eigenvalue weighted by molar-refractivity contribution is -0.129. The summed E-state index contributed by atoms with van der Waals surface area (Å²) in [6.45, 7) is 3.90. The van der Waals surface area contributed by atoms with Crippen LogP contribution in [0.3, 0.4) is 0 Å².